The van der Waals surface area contributed by atoms with Crippen LogP contribution in [0.5, 0.6) is 0 Å². The predicted octanol–water partition coefficient (Wildman–Crippen LogP) is 2.95. The Morgan fingerprint density at radius 3 is 2.44 bits per heavy atom. The Hall–Kier alpha value is -3.31. The maximum atomic E-state index is 14.3. The average molecular weight is 636 g/mol. The molecule has 3 atom stereocenters. The van der Waals surface area contributed by atoms with Crippen LogP contribution in [0.2, 0.25) is 0 Å². The monoisotopic (exact) mass is 635 g/mol. The number of carbonyl (C=O) groups is 3. The number of unbranched alkanes of at least 4 members (excludes halogenated alkanes) is 1. The van der Waals surface area contributed by atoms with Gasteiger partial charge in [-0.1, -0.05) is 11.5 Å². The van der Waals surface area contributed by atoms with Gasteiger partial charge in [0.1, 0.15) is 5.69 Å². The molecule has 0 spiro atoms. The number of rotatable bonds is 19. The summed E-state index contributed by atoms with van der Waals surface area (Å²) in [7, 11) is 0. The molecule has 1 aromatic carbocycles. The van der Waals surface area contributed by atoms with E-state index in [-0.39, 0.29) is 57.0 Å². The number of fused-ring (bicyclic) bond motifs is 1. The Bertz CT molecular complexity index is 1180. The number of amides is 3. The molecular weight excluding hydrogens is 602 g/mol. The number of urea groups is 1. The highest BCUT2D eigenvalue weighted by Crippen LogP contribution is 2.33. The van der Waals surface area contributed by atoms with E-state index in [0.717, 1.165) is 29.9 Å². The fraction of sp³-hybridized carbons (Fsp3) is 0.640. The van der Waals surface area contributed by atoms with Gasteiger partial charge in [-0.25, -0.2) is 22.4 Å². The topological polar surface area (TPSA) is 178 Å². The van der Waals surface area contributed by atoms with E-state index in [1.807, 2.05) is 11.8 Å². The molecule has 4 N–H and O–H groups in total. The molecule has 13 nitrogen and oxygen atoms in total. The fourth-order valence-corrected chi connectivity index (χ4v) is 6.25. The Morgan fingerprint density at radius 1 is 1.07 bits per heavy atom. The van der Waals surface area contributed by atoms with Gasteiger partial charge in [0.15, 0.2) is 23.3 Å². The fourth-order valence-electron chi connectivity index (χ4n) is 4.71. The first-order chi connectivity index (χ1) is 20.6. The molecule has 0 aliphatic carbocycles. The molecule has 3 rings (SSSR count). The van der Waals surface area contributed by atoms with Crippen LogP contribution in [0.3, 0.4) is 0 Å². The zero-order valence-corrected chi connectivity index (χ0v) is 23.9. The summed E-state index contributed by atoms with van der Waals surface area (Å²) in [6.45, 7) is -0.929. The van der Waals surface area contributed by atoms with E-state index in [4.69, 9.17) is 20.1 Å². The zero-order chi connectivity index (χ0) is 31.4. The first-order valence-corrected chi connectivity index (χ1v) is 14.6. The van der Waals surface area contributed by atoms with Crippen molar-refractivity contribution in [1.29, 1.82) is 0 Å². The number of carboxylic acid groups (broad SMARTS) is 1. The number of hydrogen-bond donors (Lipinski definition) is 4. The van der Waals surface area contributed by atoms with Gasteiger partial charge in [-0.2, -0.15) is 11.8 Å². The SMILES string of the molecule is [N-]=[N+]=Nc1c(F)c(F)c(CN(CCOCCOCCNC(=O)CCCCC2SCC3NC(=O)NC32)CC(=O)O)c(F)c1F. The number of ether oxygens (including phenoxy) is 2. The van der Waals surface area contributed by atoms with Crippen LogP contribution in [0.4, 0.5) is 28.0 Å². The second-order valence-electron chi connectivity index (χ2n) is 9.82. The standard InChI is InChI=1S/C25H33F4N7O6S/c26-19-14(20(27)22(29)24(21(19)28)34-35-30)11-36(12-18(38)39)6-8-42-10-9-41-7-5-31-17(37)4-2-1-3-16-23-15(13-43-16)32-25(40)33-23/h15-16,23H,1-13H2,(H,31,37)(H,38,39)(H2,32,33,40). The third-order valence-electron chi connectivity index (χ3n) is 6.79. The third kappa shape index (κ3) is 10.1. The molecule has 0 saturated carbocycles. The molecule has 2 saturated heterocycles. The maximum Gasteiger partial charge on any atom is 0.317 e. The minimum atomic E-state index is -1.89. The van der Waals surface area contributed by atoms with Crippen LogP contribution < -0.4 is 16.0 Å². The Morgan fingerprint density at radius 2 is 1.77 bits per heavy atom. The summed E-state index contributed by atoms with van der Waals surface area (Å²) < 4.78 is 67.4. The molecule has 43 heavy (non-hydrogen) atoms. The van der Waals surface area contributed by atoms with Gasteiger partial charge < -0.3 is 30.5 Å². The van der Waals surface area contributed by atoms with Crippen molar-refractivity contribution in [3.63, 3.8) is 0 Å². The molecule has 0 aromatic heterocycles. The number of benzene rings is 1. The number of azide groups is 1. The molecular formula is C25H33F4N7O6S. The van der Waals surface area contributed by atoms with Crippen LogP contribution in [0.15, 0.2) is 5.11 Å². The number of carbonyl (C=O) groups excluding carboxylic acids is 2. The molecule has 2 fully saturated rings. The van der Waals surface area contributed by atoms with Gasteiger partial charge in [0.05, 0.1) is 45.1 Å². The van der Waals surface area contributed by atoms with Crippen LogP contribution >= 0.6 is 11.8 Å². The molecule has 3 amide bonds. The van der Waals surface area contributed by atoms with Crippen molar-refractivity contribution in [2.24, 2.45) is 5.11 Å². The number of hydrogen-bond acceptors (Lipinski definition) is 8. The lowest BCUT2D eigenvalue weighted by Crippen LogP contribution is -2.36. The molecule has 2 aliphatic heterocycles. The summed E-state index contributed by atoms with van der Waals surface area (Å²) in [4.78, 5) is 37.8. The summed E-state index contributed by atoms with van der Waals surface area (Å²) in [5.41, 5.74) is 5.82. The Labute approximate surface area is 248 Å². The van der Waals surface area contributed by atoms with E-state index in [1.165, 1.54) is 0 Å². The molecule has 0 radical (unpaired) electrons. The summed E-state index contributed by atoms with van der Waals surface area (Å²) in [5.74, 6) is -7.90. The molecule has 1 aromatic rings. The van der Waals surface area contributed by atoms with Crippen molar-refractivity contribution < 1.29 is 46.5 Å². The van der Waals surface area contributed by atoms with Crippen molar-refractivity contribution in [2.75, 3.05) is 51.8 Å². The minimum absolute atomic E-state index is 0.0813. The highest BCUT2D eigenvalue weighted by Gasteiger charge is 2.42. The smallest absolute Gasteiger partial charge is 0.317 e. The van der Waals surface area contributed by atoms with E-state index < -0.39 is 53.6 Å². The lowest BCUT2D eigenvalue weighted by Gasteiger charge is -2.21. The van der Waals surface area contributed by atoms with E-state index in [9.17, 15) is 31.9 Å². The van der Waals surface area contributed by atoms with Crippen molar-refractivity contribution in [2.45, 2.75) is 49.6 Å². The molecule has 2 aliphatic rings. The number of nitrogens with one attached hydrogen (secondary N) is 3. The summed E-state index contributed by atoms with van der Waals surface area (Å²) in [6, 6.07) is 0.214. The van der Waals surface area contributed by atoms with Crippen LogP contribution in [0.1, 0.15) is 31.2 Å². The second-order valence-corrected chi connectivity index (χ2v) is 11.1. The van der Waals surface area contributed by atoms with Gasteiger partial charge in [-0.3, -0.25) is 14.5 Å². The van der Waals surface area contributed by atoms with Crippen molar-refractivity contribution >= 4 is 35.4 Å². The van der Waals surface area contributed by atoms with Gasteiger partial charge in [0.2, 0.25) is 5.91 Å². The van der Waals surface area contributed by atoms with Crippen LogP contribution in [-0.4, -0.2) is 97.1 Å². The van der Waals surface area contributed by atoms with Gasteiger partial charge >= 0.3 is 12.0 Å². The number of nitrogens with zero attached hydrogens (tertiary/aromatic N) is 4. The van der Waals surface area contributed by atoms with E-state index in [0.29, 0.717) is 18.2 Å². The highest BCUT2D eigenvalue weighted by atomic mass is 32.2. The number of thioether (sulfide) groups is 1. The van der Waals surface area contributed by atoms with E-state index in [2.05, 4.69) is 26.0 Å². The van der Waals surface area contributed by atoms with Gasteiger partial charge in [-0.05, 0) is 18.4 Å². The first-order valence-electron chi connectivity index (χ1n) is 13.6. The maximum absolute atomic E-state index is 14.3. The van der Waals surface area contributed by atoms with Gasteiger partial charge in [0.25, 0.3) is 0 Å². The molecule has 18 heteroatoms. The largest absolute Gasteiger partial charge is 0.480 e. The van der Waals surface area contributed by atoms with Crippen molar-refractivity contribution in [3.8, 4) is 0 Å². The third-order valence-corrected chi connectivity index (χ3v) is 8.30. The minimum Gasteiger partial charge on any atom is -0.480 e. The Balaban J connectivity index is 1.26. The van der Waals surface area contributed by atoms with Crippen LogP contribution in [0.25, 0.3) is 10.4 Å². The van der Waals surface area contributed by atoms with Gasteiger partial charge in [0, 0.05) is 47.5 Å². The zero-order valence-electron chi connectivity index (χ0n) is 23.1. The summed E-state index contributed by atoms with van der Waals surface area (Å²) in [6.07, 6.45) is 2.93. The average Bonchev–Trinajstić information content (AvgIpc) is 3.52. The summed E-state index contributed by atoms with van der Waals surface area (Å²) in [5, 5.41) is 20.7. The molecule has 0 bridgehead atoms. The normalized spacial score (nSPS) is 19.1. The highest BCUT2D eigenvalue weighted by molar-refractivity contribution is 8.00. The number of aliphatic carboxylic acids is 1. The second kappa shape index (κ2) is 17.1. The van der Waals surface area contributed by atoms with Crippen molar-refractivity contribution in [1.82, 2.24) is 20.9 Å². The number of halogens is 4. The lowest BCUT2D eigenvalue weighted by atomic mass is 10.0. The predicted molar refractivity (Wildman–Crippen MR) is 147 cm³/mol. The van der Waals surface area contributed by atoms with Crippen molar-refractivity contribution in [3.05, 3.63) is 39.3 Å². The van der Waals surface area contributed by atoms with Crippen LogP contribution in [-0.2, 0) is 25.6 Å². The summed E-state index contributed by atoms with van der Waals surface area (Å²) >= 11 is 1.83. The lowest BCUT2D eigenvalue weighted by molar-refractivity contribution is -0.138. The molecule has 2 heterocycles. The quantitative estimate of drug-likeness (QED) is 0.0341. The first kappa shape index (κ1) is 34.2. The van der Waals surface area contributed by atoms with Gasteiger partial charge in [-0.15, -0.1) is 0 Å². The molecule has 3 unspecified atom stereocenters. The van der Waals surface area contributed by atoms with Crippen LogP contribution in [0, 0.1) is 23.3 Å². The van der Waals surface area contributed by atoms with E-state index in [1.54, 1.807) is 0 Å². The number of carboxylic acids is 1. The molecule has 238 valence electrons. The van der Waals surface area contributed by atoms with E-state index >= 15 is 0 Å². The Kier molecular flexibility index (Phi) is 13.6.